The number of carbonyl (C=O) groups is 1. The molecule has 0 saturated heterocycles. The number of esters is 1. The van der Waals surface area contributed by atoms with Gasteiger partial charge in [-0.15, -0.1) is 0 Å². The number of hydrogen-bond donors (Lipinski definition) is 1. The summed E-state index contributed by atoms with van der Waals surface area (Å²) in [5.41, 5.74) is 0.872. The summed E-state index contributed by atoms with van der Waals surface area (Å²) >= 11 is 9.85. The van der Waals surface area contributed by atoms with Gasteiger partial charge in [-0.3, -0.25) is 4.79 Å². The molecule has 1 aromatic carbocycles. The van der Waals surface area contributed by atoms with Crippen LogP contribution in [-0.2, 0) is 9.53 Å². The van der Waals surface area contributed by atoms with Crippen molar-refractivity contribution in [3.05, 3.63) is 34.9 Å². The fourth-order valence-electron chi connectivity index (χ4n) is 1.15. The van der Waals surface area contributed by atoms with Gasteiger partial charge in [-0.1, -0.05) is 23.7 Å². The molecule has 0 aliphatic rings. The summed E-state index contributed by atoms with van der Waals surface area (Å²) in [5.74, 6) is -0.170. The number of benzene rings is 1. The molecule has 0 aliphatic carbocycles. The van der Waals surface area contributed by atoms with Gasteiger partial charge in [-0.25, -0.2) is 0 Å². The van der Waals surface area contributed by atoms with Gasteiger partial charge in [0.25, 0.3) is 0 Å². The van der Waals surface area contributed by atoms with E-state index in [9.17, 15) is 4.79 Å². The van der Waals surface area contributed by atoms with Crippen LogP contribution in [0.15, 0.2) is 24.3 Å². The van der Waals surface area contributed by atoms with Gasteiger partial charge < -0.3 is 4.74 Å². The average Bonchev–Trinajstić information content (AvgIpc) is 2.21. The molecule has 0 aromatic heterocycles. The molecule has 1 atom stereocenters. The summed E-state index contributed by atoms with van der Waals surface area (Å²) in [4.78, 5) is 11.3. The van der Waals surface area contributed by atoms with E-state index in [1.165, 1.54) is 7.11 Å². The first kappa shape index (κ1) is 11.4. The Bertz CT molecular complexity index is 310. The smallest absolute Gasteiger partial charge is 0.313 e. The molecule has 14 heavy (non-hydrogen) atoms. The number of methoxy groups -OCH3 is 1. The minimum Gasteiger partial charge on any atom is -0.469 e. The molecule has 0 fully saturated rings. The van der Waals surface area contributed by atoms with Gasteiger partial charge in [-0.2, -0.15) is 12.6 Å². The average molecular weight is 231 g/mol. The zero-order chi connectivity index (χ0) is 10.6. The summed E-state index contributed by atoms with van der Waals surface area (Å²) in [6.07, 6.45) is 0. The van der Waals surface area contributed by atoms with E-state index < -0.39 is 0 Å². The molecule has 0 bridgehead atoms. The number of thiol groups is 1. The van der Waals surface area contributed by atoms with Crippen LogP contribution in [0.4, 0.5) is 0 Å². The monoisotopic (exact) mass is 230 g/mol. The molecule has 0 radical (unpaired) electrons. The summed E-state index contributed by atoms with van der Waals surface area (Å²) in [6, 6.07) is 7.10. The van der Waals surface area contributed by atoms with Crippen molar-refractivity contribution in [3.8, 4) is 0 Å². The van der Waals surface area contributed by atoms with Crippen LogP contribution in [0.1, 0.15) is 11.5 Å². The summed E-state index contributed by atoms with van der Waals surface area (Å²) in [7, 11) is 1.37. The Morgan fingerprint density at radius 2 is 2.07 bits per heavy atom. The van der Waals surface area contributed by atoms with E-state index in [2.05, 4.69) is 17.4 Å². The van der Waals surface area contributed by atoms with Crippen LogP contribution in [0.25, 0.3) is 0 Å². The number of carbonyl (C=O) groups excluding carboxylic acids is 1. The standard InChI is InChI=1S/C10H11ClO2S/c1-13-10(12)9(6-14)7-2-4-8(11)5-3-7/h2-5,9,14H,6H2,1H3. The maximum atomic E-state index is 11.3. The van der Waals surface area contributed by atoms with Gasteiger partial charge in [-0.05, 0) is 17.7 Å². The molecule has 0 saturated carbocycles. The van der Waals surface area contributed by atoms with E-state index in [1.807, 2.05) is 0 Å². The topological polar surface area (TPSA) is 26.3 Å². The molecule has 0 spiro atoms. The van der Waals surface area contributed by atoms with E-state index in [1.54, 1.807) is 24.3 Å². The zero-order valence-corrected chi connectivity index (χ0v) is 9.39. The first-order valence-corrected chi connectivity index (χ1v) is 5.14. The van der Waals surface area contributed by atoms with Crippen LogP contribution in [-0.4, -0.2) is 18.8 Å². The molecule has 76 valence electrons. The van der Waals surface area contributed by atoms with E-state index in [-0.39, 0.29) is 11.9 Å². The van der Waals surface area contributed by atoms with Crippen LogP contribution >= 0.6 is 24.2 Å². The molecule has 1 unspecified atom stereocenters. The highest BCUT2D eigenvalue weighted by atomic mass is 35.5. The maximum absolute atomic E-state index is 11.3. The summed E-state index contributed by atoms with van der Waals surface area (Å²) in [5, 5.41) is 0.650. The Hall–Kier alpha value is -0.670. The first-order valence-electron chi connectivity index (χ1n) is 4.13. The summed E-state index contributed by atoms with van der Waals surface area (Å²) in [6.45, 7) is 0. The zero-order valence-electron chi connectivity index (χ0n) is 7.74. The third kappa shape index (κ3) is 2.66. The quantitative estimate of drug-likeness (QED) is 0.638. The highest BCUT2D eigenvalue weighted by molar-refractivity contribution is 7.80. The Labute approximate surface area is 93.6 Å². The third-order valence-corrected chi connectivity index (χ3v) is 2.56. The maximum Gasteiger partial charge on any atom is 0.313 e. The molecular formula is C10H11ClO2S. The lowest BCUT2D eigenvalue weighted by molar-refractivity contribution is -0.141. The molecule has 1 aromatic rings. The molecule has 4 heteroatoms. The fourth-order valence-corrected chi connectivity index (χ4v) is 1.64. The normalized spacial score (nSPS) is 12.2. The molecule has 0 amide bonds. The highest BCUT2D eigenvalue weighted by Crippen LogP contribution is 2.20. The Morgan fingerprint density at radius 3 is 2.50 bits per heavy atom. The van der Waals surface area contributed by atoms with Crippen molar-refractivity contribution in [3.63, 3.8) is 0 Å². The van der Waals surface area contributed by atoms with Crippen LogP contribution in [0.2, 0.25) is 5.02 Å². The molecule has 2 nitrogen and oxygen atoms in total. The Balaban J connectivity index is 2.89. The van der Waals surface area contributed by atoms with E-state index >= 15 is 0 Å². The van der Waals surface area contributed by atoms with Crippen molar-refractivity contribution < 1.29 is 9.53 Å². The van der Waals surface area contributed by atoms with Crippen molar-refractivity contribution in [1.29, 1.82) is 0 Å². The molecule has 1 rings (SSSR count). The second-order valence-electron chi connectivity index (χ2n) is 2.81. The van der Waals surface area contributed by atoms with Gasteiger partial charge in [0, 0.05) is 10.8 Å². The lowest BCUT2D eigenvalue weighted by Crippen LogP contribution is -2.15. The molecule has 0 aliphatic heterocycles. The van der Waals surface area contributed by atoms with Crippen LogP contribution < -0.4 is 0 Å². The van der Waals surface area contributed by atoms with Gasteiger partial charge in [0.1, 0.15) is 0 Å². The minimum absolute atomic E-state index is 0.276. The number of ether oxygens (including phenoxy) is 1. The SMILES string of the molecule is COC(=O)C(CS)c1ccc(Cl)cc1. The van der Waals surface area contributed by atoms with Crippen molar-refractivity contribution in [1.82, 2.24) is 0 Å². The number of hydrogen-bond acceptors (Lipinski definition) is 3. The lowest BCUT2D eigenvalue weighted by atomic mass is 10.0. The second-order valence-corrected chi connectivity index (χ2v) is 3.61. The highest BCUT2D eigenvalue weighted by Gasteiger charge is 2.19. The minimum atomic E-state index is -0.319. The molecular weight excluding hydrogens is 220 g/mol. The molecule has 0 N–H and O–H groups in total. The molecule has 0 heterocycles. The predicted molar refractivity (Wildman–Crippen MR) is 60.1 cm³/mol. The van der Waals surface area contributed by atoms with E-state index in [4.69, 9.17) is 11.6 Å². The Morgan fingerprint density at radius 1 is 1.50 bits per heavy atom. The van der Waals surface area contributed by atoms with Gasteiger partial charge >= 0.3 is 5.97 Å². The second kappa shape index (κ2) is 5.27. The van der Waals surface area contributed by atoms with Gasteiger partial charge in [0.2, 0.25) is 0 Å². The largest absolute Gasteiger partial charge is 0.469 e. The summed E-state index contributed by atoms with van der Waals surface area (Å²) < 4.78 is 4.67. The predicted octanol–water partition coefficient (Wildman–Crippen LogP) is 2.53. The first-order chi connectivity index (χ1) is 6.69. The van der Waals surface area contributed by atoms with Gasteiger partial charge in [0.15, 0.2) is 0 Å². The van der Waals surface area contributed by atoms with E-state index in [0.717, 1.165) is 5.56 Å². The fraction of sp³-hybridized carbons (Fsp3) is 0.300. The van der Waals surface area contributed by atoms with E-state index in [0.29, 0.717) is 10.8 Å². The van der Waals surface area contributed by atoms with Crippen LogP contribution in [0.5, 0.6) is 0 Å². The van der Waals surface area contributed by atoms with Crippen molar-refractivity contribution in [2.24, 2.45) is 0 Å². The van der Waals surface area contributed by atoms with Crippen LogP contribution in [0.3, 0.4) is 0 Å². The third-order valence-electron chi connectivity index (χ3n) is 1.94. The van der Waals surface area contributed by atoms with Crippen molar-refractivity contribution >= 4 is 30.2 Å². The van der Waals surface area contributed by atoms with Crippen molar-refractivity contribution in [2.45, 2.75) is 5.92 Å². The lowest BCUT2D eigenvalue weighted by Gasteiger charge is -2.11. The number of halogens is 1. The number of rotatable bonds is 3. The Kier molecular flexibility index (Phi) is 4.29. The van der Waals surface area contributed by atoms with Gasteiger partial charge in [0.05, 0.1) is 13.0 Å². The van der Waals surface area contributed by atoms with Crippen LogP contribution in [0, 0.1) is 0 Å². The van der Waals surface area contributed by atoms with Crippen molar-refractivity contribution in [2.75, 3.05) is 12.9 Å².